The van der Waals surface area contributed by atoms with E-state index >= 15 is 0 Å². The first kappa shape index (κ1) is 14.7. The van der Waals surface area contributed by atoms with Gasteiger partial charge in [0.1, 0.15) is 11.3 Å². The molecule has 0 saturated heterocycles. The van der Waals surface area contributed by atoms with Gasteiger partial charge in [-0.25, -0.2) is 17.5 Å². The van der Waals surface area contributed by atoms with Crippen molar-refractivity contribution < 1.29 is 17.2 Å². The van der Waals surface area contributed by atoms with Gasteiger partial charge in [0.05, 0.1) is 6.26 Å². The van der Waals surface area contributed by atoms with E-state index in [1.165, 1.54) is 12.1 Å². The van der Waals surface area contributed by atoms with E-state index in [2.05, 4.69) is 14.7 Å². The fraction of sp³-hybridized carbons (Fsp3) is 0.0625. The van der Waals surface area contributed by atoms with E-state index in [-0.39, 0.29) is 11.8 Å². The van der Waals surface area contributed by atoms with Gasteiger partial charge in [-0.2, -0.15) is 4.98 Å². The third kappa shape index (κ3) is 2.61. The van der Waals surface area contributed by atoms with Crippen molar-refractivity contribution in [2.45, 2.75) is 0 Å². The lowest BCUT2D eigenvalue weighted by Gasteiger charge is -1.99. The maximum absolute atomic E-state index is 13.3. The lowest BCUT2D eigenvalue weighted by atomic mass is 10.0. The van der Waals surface area contributed by atoms with E-state index < -0.39 is 10.0 Å². The zero-order chi connectivity index (χ0) is 16.9. The van der Waals surface area contributed by atoms with Crippen LogP contribution in [0.25, 0.3) is 33.1 Å². The van der Waals surface area contributed by atoms with Crippen molar-refractivity contribution in [1.29, 1.82) is 0 Å². The van der Waals surface area contributed by atoms with Gasteiger partial charge < -0.3 is 9.40 Å². The molecule has 0 aliphatic rings. The van der Waals surface area contributed by atoms with Crippen molar-refractivity contribution in [3.8, 4) is 11.1 Å². The van der Waals surface area contributed by atoms with E-state index in [1.807, 2.05) is 6.07 Å². The van der Waals surface area contributed by atoms with Crippen LogP contribution in [-0.2, 0) is 10.0 Å². The molecule has 0 radical (unpaired) electrons. The number of hydrogen-bond donors (Lipinski definition) is 2. The lowest BCUT2D eigenvalue weighted by molar-refractivity contribution is 0.596. The number of aromatic amines is 1. The molecule has 0 unspecified atom stereocenters. The number of nitrogens with one attached hydrogen (secondary N) is 2. The summed E-state index contributed by atoms with van der Waals surface area (Å²) in [4.78, 5) is 7.11. The van der Waals surface area contributed by atoms with Crippen LogP contribution in [0, 0.1) is 5.82 Å². The van der Waals surface area contributed by atoms with Gasteiger partial charge in [-0.1, -0.05) is 6.07 Å². The van der Waals surface area contributed by atoms with Crippen LogP contribution in [0.1, 0.15) is 0 Å². The molecule has 0 saturated carbocycles. The second-order valence-corrected chi connectivity index (χ2v) is 7.22. The Morgan fingerprint density at radius 2 is 2.04 bits per heavy atom. The smallest absolute Gasteiger partial charge is 0.309 e. The predicted molar refractivity (Wildman–Crippen MR) is 89.7 cm³/mol. The van der Waals surface area contributed by atoms with E-state index in [0.29, 0.717) is 16.6 Å². The maximum atomic E-state index is 13.3. The number of sulfonamides is 1. The quantitative estimate of drug-likeness (QED) is 0.595. The third-order valence-electron chi connectivity index (χ3n) is 3.62. The summed E-state index contributed by atoms with van der Waals surface area (Å²) < 4.78 is 43.5. The first-order valence-electron chi connectivity index (χ1n) is 7.04. The molecule has 0 bridgehead atoms. The molecule has 0 fully saturated rings. The van der Waals surface area contributed by atoms with Crippen LogP contribution in [0.4, 0.5) is 10.4 Å². The summed E-state index contributed by atoms with van der Waals surface area (Å²) in [5.74, 6) is -0.307. The van der Waals surface area contributed by atoms with Gasteiger partial charge in [-0.3, -0.25) is 0 Å². The minimum Gasteiger partial charge on any atom is -0.423 e. The zero-order valence-corrected chi connectivity index (χ0v) is 13.3. The number of nitrogens with zero attached hydrogens (tertiary/aromatic N) is 1. The Morgan fingerprint density at radius 1 is 1.21 bits per heavy atom. The average Bonchev–Trinajstić information content (AvgIpc) is 3.06. The Hall–Kier alpha value is -2.87. The second kappa shape index (κ2) is 5.07. The summed E-state index contributed by atoms with van der Waals surface area (Å²) in [5, 5.41) is 0.879. The molecule has 2 N–H and O–H groups in total. The number of benzene rings is 2. The number of hydrogen-bond acceptors (Lipinski definition) is 4. The standard InChI is InChI=1S/C16H12FN3O3S/c1-24(21,22)20-16-19-13-5-2-9(6-15(13)23-16)12-8-18-14-7-10(17)3-4-11(12)14/h2-8,18H,1H3,(H,19,20). The Bertz CT molecular complexity index is 1180. The molecular formula is C16H12FN3O3S. The molecule has 0 aliphatic carbocycles. The highest BCUT2D eigenvalue weighted by molar-refractivity contribution is 7.91. The van der Waals surface area contributed by atoms with Gasteiger partial charge in [0.2, 0.25) is 10.0 Å². The second-order valence-electron chi connectivity index (χ2n) is 5.47. The minimum atomic E-state index is -3.46. The van der Waals surface area contributed by atoms with Crippen molar-refractivity contribution in [2.24, 2.45) is 0 Å². The molecule has 2 heterocycles. The maximum Gasteiger partial charge on any atom is 0.309 e. The molecule has 0 atom stereocenters. The molecule has 0 amide bonds. The number of oxazole rings is 1. The lowest BCUT2D eigenvalue weighted by Crippen LogP contribution is -2.09. The van der Waals surface area contributed by atoms with E-state index in [0.717, 1.165) is 22.8 Å². The average molecular weight is 345 g/mol. The highest BCUT2D eigenvalue weighted by Gasteiger charge is 2.12. The molecule has 122 valence electrons. The highest BCUT2D eigenvalue weighted by Crippen LogP contribution is 2.31. The zero-order valence-electron chi connectivity index (χ0n) is 12.5. The predicted octanol–water partition coefficient (Wildman–Crippen LogP) is 3.49. The minimum absolute atomic E-state index is 0.0781. The molecule has 0 spiro atoms. The van der Waals surface area contributed by atoms with Gasteiger partial charge in [0.25, 0.3) is 0 Å². The van der Waals surface area contributed by atoms with E-state index in [9.17, 15) is 12.8 Å². The summed E-state index contributed by atoms with van der Waals surface area (Å²) >= 11 is 0. The van der Waals surface area contributed by atoms with Gasteiger partial charge >= 0.3 is 6.01 Å². The van der Waals surface area contributed by atoms with Crippen molar-refractivity contribution in [3.05, 3.63) is 48.4 Å². The van der Waals surface area contributed by atoms with Crippen LogP contribution < -0.4 is 4.72 Å². The van der Waals surface area contributed by atoms with Gasteiger partial charge in [-0.05, 0) is 35.9 Å². The van der Waals surface area contributed by atoms with Gasteiger partial charge in [0, 0.05) is 22.7 Å². The summed E-state index contributed by atoms with van der Waals surface area (Å²) in [5.41, 5.74) is 3.43. The molecule has 2 aromatic heterocycles. The number of aromatic nitrogens is 2. The summed E-state index contributed by atoms with van der Waals surface area (Å²) in [6.45, 7) is 0. The summed E-state index contributed by atoms with van der Waals surface area (Å²) in [7, 11) is -3.46. The monoisotopic (exact) mass is 345 g/mol. The normalized spacial score (nSPS) is 12.1. The largest absolute Gasteiger partial charge is 0.423 e. The van der Waals surface area contributed by atoms with Crippen molar-refractivity contribution in [3.63, 3.8) is 0 Å². The Balaban J connectivity index is 1.81. The molecule has 0 aliphatic heterocycles. The molecule has 24 heavy (non-hydrogen) atoms. The highest BCUT2D eigenvalue weighted by atomic mass is 32.2. The van der Waals surface area contributed by atoms with Crippen molar-refractivity contribution >= 4 is 38.0 Å². The van der Waals surface area contributed by atoms with E-state index in [1.54, 1.807) is 24.4 Å². The number of H-pyrrole nitrogens is 1. The summed E-state index contributed by atoms with van der Waals surface area (Å²) in [6.07, 6.45) is 2.82. The Morgan fingerprint density at radius 3 is 2.83 bits per heavy atom. The topological polar surface area (TPSA) is 88.0 Å². The van der Waals surface area contributed by atoms with Crippen LogP contribution in [0.3, 0.4) is 0 Å². The SMILES string of the molecule is CS(=O)(=O)Nc1nc2ccc(-c3c[nH]c4cc(F)ccc34)cc2o1. The molecule has 2 aromatic carbocycles. The molecule has 8 heteroatoms. The first-order chi connectivity index (χ1) is 11.4. The molecular weight excluding hydrogens is 333 g/mol. The fourth-order valence-corrected chi connectivity index (χ4v) is 3.04. The third-order valence-corrected chi connectivity index (χ3v) is 4.16. The number of rotatable bonds is 3. The van der Waals surface area contributed by atoms with Crippen LogP contribution in [0.5, 0.6) is 0 Å². The molecule has 4 rings (SSSR count). The van der Waals surface area contributed by atoms with Crippen LogP contribution in [0.2, 0.25) is 0 Å². The first-order valence-corrected chi connectivity index (χ1v) is 8.93. The van der Waals surface area contributed by atoms with Gasteiger partial charge in [0.15, 0.2) is 5.58 Å². The number of anilines is 1. The number of fused-ring (bicyclic) bond motifs is 2. The van der Waals surface area contributed by atoms with Crippen molar-refractivity contribution in [1.82, 2.24) is 9.97 Å². The van der Waals surface area contributed by atoms with Crippen LogP contribution in [-0.4, -0.2) is 24.6 Å². The Kier molecular flexibility index (Phi) is 3.10. The summed E-state index contributed by atoms with van der Waals surface area (Å²) in [6, 6.07) is 9.82. The van der Waals surface area contributed by atoms with E-state index in [4.69, 9.17) is 4.42 Å². The molecule has 4 aromatic rings. The number of halogens is 1. The fourth-order valence-electron chi connectivity index (χ4n) is 2.63. The van der Waals surface area contributed by atoms with Crippen LogP contribution >= 0.6 is 0 Å². The molecule has 6 nitrogen and oxygen atoms in total. The van der Waals surface area contributed by atoms with Crippen LogP contribution in [0.15, 0.2) is 47.0 Å². The van der Waals surface area contributed by atoms with Crippen molar-refractivity contribution in [2.75, 3.05) is 11.0 Å². The van der Waals surface area contributed by atoms with Gasteiger partial charge in [-0.15, -0.1) is 0 Å². The Labute approximate surface area is 136 Å².